The van der Waals surface area contributed by atoms with Gasteiger partial charge in [0.15, 0.2) is 0 Å². The van der Waals surface area contributed by atoms with E-state index in [2.05, 4.69) is 16.9 Å². The van der Waals surface area contributed by atoms with Gasteiger partial charge in [0.25, 0.3) is 0 Å². The van der Waals surface area contributed by atoms with Crippen molar-refractivity contribution in [1.29, 1.82) is 0 Å². The van der Waals surface area contributed by atoms with E-state index in [0.29, 0.717) is 0 Å². The Balaban J connectivity index is 2.10. The van der Waals surface area contributed by atoms with E-state index >= 15 is 0 Å². The molecule has 0 unspecified atom stereocenters. The average Bonchev–Trinajstić information content (AvgIpc) is 2.44. The van der Waals surface area contributed by atoms with Gasteiger partial charge >= 0.3 is 0 Å². The fourth-order valence-electron chi connectivity index (χ4n) is 2.88. The molecule has 1 aliphatic rings. The minimum atomic E-state index is 0.162. The first-order valence-electron chi connectivity index (χ1n) is 7.44. The number of rotatable bonds is 8. The smallest absolute Gasteiger partial charge is 0.211 e. The molecule has 1 aliphatic carbocycles. The average molecular weight is 264 g/mol. The van der Waals surface area contributed by atoms with Crippen molar-refractivity contribution in [2.45, 2.75) is 76.8 Å². The Kier molecular flexibility index (Phi) is 8.04. The van der Waals surface area contributed by atoms with Gasteiger partial charge in [-0.2, -0.15) is 0 Å². The molecule has 0 amide bonds. The van der Waals surface area contributed by atoms with Crippen LogP contribution < -0.4 is 0 Å². The molecule has 0 spiro atoms. The molecule has 1 atom stereocenters. The molecule has 1 rings (SSSR count). The second kappa shape index (κ2) is 9.66. The quantitative estimate of drug-likeness (QED) is 0.382. The number of unbranched alkanes of at least 4 members (excludes halogenated alkanes) is 1. The lowest BCUT2D eigenvalue weighted by Gasteiger charge is -2.25. The van der Waals surface area contributed by atoms with Gasteiger partial charge in [-0.05, 0) is 44.4 Å². The molecule has 0 aromatic rings. The first-order valence-corrected chi connectivity index (χ1v) is 7.44. The van der Waals surface area contributed by atoms with E-state index in [4.69, 9.17) is 0 Å². The molecular formula is C15H24N2O2. The molecule has 0 bridgehead atoms. The Hall–Kier alpha value is -1.24. The van der Waals surface area contributed by atoms with Crippen LogP contribution in [0.15, 0.2) is 9.98 Å². The molecule has 0 radical (unpaired) electrons. The fraction of sp³-hybridized carbons (Fsp3) is 0.867. The maximum absolute atomic E-state index is 10.2. The van der Waals surface area contributed by atoms with E-state index in [1.165, 1.54) is 25.7 Å². The van der Waals surface area contributed by atoms with Gasteiger partial charge < -0.3 is 0 Å². The summed E-state index contributed by atoms with van der Waals surface area (Å²) in [6.45, 7) is 2.06. The monoisotopic (exact) mass is 264 g/mol. The highest BCUT2D eigenvalue weighted by molar-refractivity contribution is 5.33. The lowest BCUT2D eigenvalue weighted by molar-refractivity contribution is 0.302. The van der Waals surface area contributed by atoms with E-state index in [1.54, 1.807) is 12.2 Å². The lowest BCUT2D eigenvalue weighted by Crippen LogP contribution is -2.17. The van der Waals surface area contributed by atoms with Crippen LogP contribution in [-0.4, -0.2) is 24.2 Å². The summed E-state index contributed by atoms with van der Waals surface area (Å²) in [7, 11) is 0. The predicted octanol–water partition coefficient (Wildman–Crippen LogP) is 3.56. The fourth-order valence-corrected chi connectivity index (χ4v) is 2.88. The predicted molar refractivity (Wildman–Crippen MR) is 74.5 cm³/mol. The summed E-state index contributed by atoms with van der Waals surface area (Å²) in [6, 6.07) is 0.385. The van der Waals surface area contributed by atoms with Crippen molar-refractivity contribution in [3.05, 3.63) is 0 Å². The molecule has 1 saturated carbocycles. The van der Waals surface area contributed by atoms with Crippen molar-refractivity contribution >= 4 is 12.2 Å². The van der Waals surface area contributed by atoms with E-state index in [-0.39, 0.29) is 12.1 Å². The molecule has 0 aromatic heterocycles. The molecule has 0 aromatic carbocycles. The summed E-state index contributed by atoms with van der Waals surface area (Å²) >= 11 is 0. The molecule has 0 heterocycles. The van der Waals surface area contributed by atoms with Gasteiger partial charge in [0, 0.05) is 0 Å². The summed E-state index contributed by atoms with van der Waals surface area (Å²) in [5, 5.41) is 0. The van der Waals surface area contributed by atoms with Crippen LogP contribution in [0.1, 0.15) is 64.7 Å². The number of aliphatic imine (C=N–C) groups is 2. The van der Waals surface area contributed by atoms with Gasteiger partial charge in [0.2, 0.25) is 12.2 Å². The van der Waals surface area contributed by atoms with Gasteiger partial charge in [0.05, 0.1) is 12.1 Å². The Morgan fingerprint density at radius 2 is 1.84 bits per heavy atom. The number of hydrogen-bond acceptors (Lipinski definition) is 4. The minimum absolute atomic E-state index is 0.162. The molecule has 0 aliphatic heterocycles. The van der Waals surface area contributed by atoms with Gasteiger partial charge in [-0.1, -0.05) is 26.2 Å². The molecular weight excluding hydrogens is 240 g/mol. The van der Waals surface area contributed by atoms with Crippen LogP contribution in [-0.2, 0) is 9.59 Å². The first kappa shape index (κ1) is 15.8. The van der Waals surface area contributed by atoms with Crippen LogP contribution in [0.3, 0.4) is 0 Å². The Labute approximate surface area is 115 Å². The van der Waals surface area contributed by atoms with Crippen molar-refractivity contribution in [1.82, 2.24) is 0 Å². The number of nitrogens with zero attached hydrogens (tertiary/aromatic N) is 2. The second-order valence-corrected chi connectivity index (χ2v) is 5.46. The van der Waals surface area contributed by atoms with Crippen molar-refractivity contribution in [2.75, 3.05) is 0 Å². The van der Waals surface area contributed by atoms with Gasteiger partial charge in [-0.3, -0.25) is 0 Å². The largest absolute Gasteiger partial charge is 0.235 e. The van der Waals surface area contributed by atoms with Gasteiger partial charge in [-0.15, -0.1) is 0 Å². The van der Waals surface area contributed by atoms with E-state index < -0.39 is 0 Å². The number of hydrogen-bond donors (Lipinski definition) is 0. The van der Waals surface area contributed by atoms with Gasteiger partial charge in [-0.25, -0.2) is 19.6 Å². The standard InChI is InChI=1S/C15H24N2O2/c1-2-14(16-11-18)6-4-3-5-13-7-9-15(10-8-13)17-12-19/h13-15H,2-10H2,1H3/t13?,14-,15?/m1/s1. The third-order valence-corrected chi connectivity index (χ3v) is 4.16. The second-order valence-electron chi connectivity index (χ2n) is 5.46. The highest BCUT2D eigenvalue weighted by Crippen LogP contribution is 2.29. The van der Waals surface area contributed by atoms with Gasteiger partial charge in [0.1, 0.15) is 0 Å². The maximum Gasteiger partial charge on any atom is 0.235 e. The molecule has 0 saturated heterocycles. The van der Waals surface area contributed by atoms with E-state index in [1.807, 2.05) is 0 Å². The highest BCUT2D eigenvalue weighted by atomic mass is 16.1. The third kappa shape index (κ3) is 6.47. The van der Waals surface area contributed by atoms with Crippen molar-refractivity contribution in [3.8, 4) is 0 Å². The zero-order valence-corrected chi connectivity index (χ0v) is 11.8. The molecule has 1 fully saturated rings. The zero-order valence-electron chi connectivity index (χ0n) is 11.8. The van der Waals surface area contributed by atoms with Crippen LogP contribution in [0, 0.1) is 5.92 Å². The highest BCUT2D eigenvalue weighted by Gasteiger charge is 2.20. The summed E-state index contributed by atoms with van der Waals surface area (Å²) in [4.78, 5) is 28.0. The molecule has 19 heavy (non-hydrogen) atoms. The van der Waals surface area contributed by atoms with E-state index in [0.717, 1.165) is 38.0 Å². The van der Waals surface area contributed by atoms with Crippen LogP contribution in [0.4, 0.5) is 0 Å². The summed E-state index contributed by atoms with van der Waals surface area (Å²) < 4.78 is 0. The lowest BCUT2D eigenvalue weighted by atomic mass is 9.83. The zero-order chi connectivity index (χ0) is 13.9. The SMILES string of the molecule is CC[C@H](CCCCC1CCC(N=C=O)CC1)N=C=O. The summed E-state index contributed by atoms with van der Waals surface area (Å²) in [6.07, 6.45) is 13.3. The molecule has 106 valence electrons. The molecule has 4 heteroatoms. The Bertz CT molecular complexity index is 336. The summed E-state index contributed by atoms with van der Waals surface area (Å²) in [5.74, 6) is 0.785. The van der Waals surface area contributed by atoms with Crippen LogP contribution in [0.2, 0.25) is 0 Å². The number of isocyanates is 2. The van der Waals surface area contributed by atoms with Crippen molar-refractivity contribution in [2.24, 2.45) is 15.9 Å². The Morgan fingerprint density at radius 1 is 1.11 bits per heavy atom. The van der Waals surface area contributed by atoms with Crippen LogP contribution >= 0.6 is 0 Å². The Morgan fingerprint density at radius 3 is 2.42 bits per heavy atom. The topological polar surface area (TPSA) is 58.9 Å². The third-order valence-electron chi connectivity index (χ3n) is 4.16. The van der Waals surface area contributed by atoms with Crippen molar-refractivity contribution in [3.63, 3.8) is 0 Å². The van der Waals surface area contributed by atoms with E-state index in [9.17, 15) is 9.59 Å². The van der Waals surface area contributed by atoms with Crippen LogP contribution in [0.5, 0.6) is 0 Å². The minimum Gasteiger partial charge on any atom is -0.211 e. The maximum atomic E-state index is 10.2. The summed E-state index contributed by atoms with van der Waals surface area (Å²) in [5.41, 5.74) is 0. The normalized spacial score (nSPS) is 24.1. The van der Waals surface area contributed by atoms with Crippen LogP contribution in [0.25, 0.3) is 0 Å². The van der Waals surface area contributed by atoms with Crippen molar-refractivity contribution < 1.29 is 9.59 Å². The first-order chi connectivity index (χ1) is 9.30. The number of carbonyl (C=O) groups excluding carboxylic acids is 2. The molecule has 4 nitrogen and oxygen atoms in total. The molecule has 0 N–H and O–H groups in total.